The molecule has 0 spiro atoms. The van der Waals surface area contributed by atoms with Crippen LogP contribution in [0.15, 0.2) is 31.6 Å². The SMILES string of the molecule is COC[C@H]1O[C@@H](n2cc(C)c(=O)[nH]c2=O)C[C@H]1OP(=O)([O-])OC[C@H]1O[C@@H](n2cc(C)c(=O)[nH]c2=O)C[C@H]1OC. The van der Waals surface area contributed by atoms with Gasteiger partial charge in [-0.3, -0.25) is 33.3 Å². The molecule has 0 amide bonds. The van der Waals surface area contributed by atoms with Gasteiger partial charge in [-0.25, -0.2) is 9.59 Å². The summed E-state index contributed by atoms with van der Waals surface area (Å²) in [6, 6.07) is 0. The molecule has 4 rings (SSSR count). The maximum Gasteiger partial charge on any atom is 0.330 e. The summed E-state index contributed by atoms with van der Waals surface area (Å²) in [6.07, 6.45) is -2.35. The molecule has 2 aromatic rings. The van der Waals surface area contributed by atoms with Gasteiger partial charge in [-0.2, -0.15) is 0 Å². The Hall–Kier alpha value is -2.69. The summed E-state index contributed by atoms with van der Waals surface area (Å²) >= 11 is 0. The molecule has 0 aliphatic carbocycles. The third-order valence-electron chi connectivity index (χ3n) is 6.57. The zero-order chi connectivity index (χ0) is 28.5. The number of rotatable bonds is 10. The molecule has 2 aliphatic rings. The number of aryl methyl sites for hydroxylation is 2. The summed E-state index contributed by atoms with van der Waals surface area (Å²) in [4.78, 5) is 65.0. The van der Waals surface area contributed by atoms with Gasteiger partial charge in [0.15, 0.2) is 0 Å². The number of aromatic amines is 2. The van der Waals surface area contributed by atoms with Crippen molar-refractivity contribution in [2.75, 3.05) is 27.4 Å². The van der Waals surface area contributed by atoms with Crippen LogP contribution in [0.2, 0.25) is 0 Å². The van der Waals surface area contributed by atoms with Crippen molar-refractivity contribution < 1.29 is 37.5 Å². The van der Waals surface area contributed by atoms with E-state index in [0.29, 0.717) is 5.56 Å². The maximum atomic E-state index is 12.8. The number of aromatic nitrogens is 4. The van der Waals surface area contributed by atoms with Crippen LogP contribution in [0.1, 0.15) is 36.4 Å². The van der Waals surface area contributed by atoms with Crippen molar-refractivity contribution in [1.82, 2.24) is 19.1 Å². The highest BCUT2D eigenvalue weighted by molar-refractivity contribution is 7.45. The largest absolute Gasteiger partial charge is 0.756 e. The number of H-pyrrole nitrogens is 2. The lowest BCUT2D eigenvalue weighted by Gasteiger charge is -2.29. The van der Waals surface area contributed by atoms with Gasteiger partial charge in [-0.15, -0.1) is 0 Å². The molecular weight excluding hydrogens is 543 g/mol. The third-order valence-corrected chi connectivity index (χ3v) is 7.56. The van der Waals surface area contributed by atoms with E-state index >= 15 is 0 Å². The molecule has 0 aromatic carbocycles. The lowest BCUT2D eigenvalue weighted by Crippen LogP contribution is -2.33. The first-order chi connectivity index (χ1) is 18.4. The normalized spacial score (nSPS) is 28.5. The van der Waals surface area contributed by atoms with E-state index in [2.05, 4.69) is 9.97 Å². The van der Waals surface area contributed by atoms with Gasteiger partial charge < -0.3 is 32.9 Å². The highest BCUT2D eigenvalue weighted by Gasteiger charge is 2.41. The molecule has 1 unspecified atom stereocenters. The van der Waals surface area contributed by atoms with Crippen LogP contribution in [0.25, 0.3) is 0 Å². The zero-order valence-electron chi connectivity index (χ0n) is 21.7. The summed E-state index contributed by atoms with van der Waals surface area (Å²) in [6.45, 7) is 2.54. The van der Waals surface area contributed by atoms with E-state index in [4.69, 9.17) is 28.0 Å². The second-order valence-electron chi connectivity index (χ2n) is 9.30. The van der Waals surface area contributed by atoms with Crippen LogP contribution in [-0.2, 0) is 32.6 Å². The van der Waals surface area contributed by atoms with Gasteiger partial charge in [0.1, 0.15) is 24.7 Å². The van der Waals surface area contributed by atoms with Crippen LogP contribution in [0.5, 0.6) is 0 Å². The maximum absolute atomic E-state index is 12.8. The number of phosphoric ester groups is 1. The highest BCUT2D eigenvalue weighted by atomic mass is 31.2. The molecule has 17 heteroatoms. The van der Waals surface area contributed by atoms with Gasteiger partial charge in [-0.1, -0.05) is 0 Å². The Morgan fingerprint density at radius 2 is 1.38 bits per heavy atom. The van der Waals surface area contributed by atoms with Gasteiger partial charge in [0, 0.05) is 50.6 Å². The highest BCUT2D eigenvalue weighted by Crippen LogP contribution is 2.45. The number of nitrogens with one attached hydrogen (secondary N) is 2. The summed E-state index contributed by atoms with van der Waals surface area (Å²) in [5, 5.41) is 0. The van der Waals surface area contributed by atoms with Gasteiger partial charge in [0.05, 0.1) is 25.4 Å². The first-order valence-electron chi connectivity index (χ1n) is 12.0. The minimum absolute atomic E-state index is 0.0370. The van der Waals surface area contributed by atoms with Crippen LogP contribution in [0.4, 0.5) is 0 Å². The van der Waals surface area contributed by atoms with Crippen molar-refractivity contribution in [3.05, 3.63) is 65.2 Å². The average molecular weight is 573 g/mol. The molecule has 216 valence electrons. The lowest BCUT2D eigenvalue weighted by atomic mass is 10.2. The summed E-state index contributed by atoms with van der Waals surface area (Å²) in [5.74, 6) is 0. The summed E-state index contributed by atoms with van der Waals surface area (Å²) in [5.41, 5.74) is -1.89. The Bertz CT molecular complexity index is 1460. The number of hydrogen-bond acceptors (Lipinski definition) is 12. The van der Waals surface area contributed by atoms with E-state index in [1.165, 1.54) is 45.0 Å². The number of ether oxygens (including phenoxy) is 4. The van der Waals surface area contributed by atoms with Crippen LogP contribution in [-0.4, -0.2) is 71.0 Å². The number of nitrogens with zero attached hydrogens (tertiary/aromatic N) is 2. The lowest BCUT2D eigenvalue weighted by molar-refractivity contribution is -0.234. The fourth-order valence-electron chi connectivity index (χ4n) is 4.53. The quantitative estimate of drug-likeness (QED) is 0.322. The first kappa shape index (κ1) is 29.3. The summed E-state index contributed by atoms with van der Waals surface area (Å²) < 4.78 is 47.6. The van der Waals surface area contributed by atoms with Gasteiger partial charge in [0.25, 0.3) is 18.9 Å². The molecule has 2 fully saturated rings. The van der Waals surface area contributed by atoms with E-state index in [-0.39, 0.29) is 25.0 Å². The standard InChI is InChI=1S/C22H31N4O12P/c1-11-7-25(21(29)23-19(11)27)17-5-13(34-4)16(37-17)10-35-39(31,32)38-14-6-18(36-15(14)9-33-3)26-8-12(2)20(28)24-22(26)30/h7-8,13-18H,5-6,9-10H2,1-4H3,(H,31,32)(H,23,27,29)(H,24,28,30)/p-1/t13-,14-,15-,16-,17-,18-/m1/s1. The molecule has 0 saturated carbocycles. The van der Waals surface area contributed by atoms with Crippen molar-refractivity contribution in [3.8, 4) is 0 Å². The molecule has 0 radical (unpaired) electrons. The smallest absolute Gasteiger partial charge is 0.330 e. The minimum atomic E-state index is -4.94. The number of phosphoric acid groups is 1. The van der Waals surface area contributed by atoms with Crippen molar-refractivity contribution >= 4 is 7.82 Å². The molecule has 16 nitrogen and oxygen atoms in total. The molecule has 39 heavy (non-hydrogen) atoms. The fraction of sp³-hybridized carbons (Fsp3) is 0.636. The van der Waals surface area contributed by atoms with Gasteiger partial charge >= 0.3 is 11.4 Å². The second kappa shape index (κ2) is 11.8. The first-order valence-corrected chi connectivity index (χ1v) is 13.5. The molecular formula is C22H30N4O12P-. The van der Waals surface area contributed by atoms with Crippen LogP contribution < -0.4 is 27.4 Å². The van der Waals surface area contributed by atoms with Crippen LogP contribution in [0.3, 0.4) is 0 Å². The zero-order valence-corrected chi connectivity index (χ0v) is 22.6. The minimum Gasteiger partial charge on any atom is -0.756 e. The van der Waals surface area contributed by atoms with Crippen molar-refractivity contribution in [2.45, 2.75) is 63.6 Å². The molecule has 2 saturated heterocycles. The fourth-order valence-corrected chi connectivity index (χ4v) is 5.47. The molecule has 2 N–H and O–H groups in total. The summed E-state index contributed by atoms with van der Waals surface area (Å²) in [7, 11) is -2.14. The average Bonchev–Trinajstić information content (AvgIpc) is 3.46. The molecule has 0 bridgehead atoms. The van der Waals surface area contributed by atoms with Crippen LogP contribution >= 0.6 is 7.82 Å². The Balaban J connectivity index is 1.43. The molecule has 7 atom stereocenters. The van der Waals surface area contributed by atoms with E-state index in [1.807, 2.05) is 0 Å². The Morgan fingerprint density at radius 1 is 0.897 bits per heavy atom. The van der Waals surface area contributed by atoms with E-state index in [1.54, 1.807) is 0 Å². The predicted molar refractivity (Wildman–Crippen MR) is 130 cm³/mol. The molecule has 2 aromatic heterocycles. The van der Waals surface area contributed by atoms with E-state index in [9.17, 15) is 28.6 Å². The topological polar surface area (TPSA) is 205 Å². The van der Waals surface area contributed by atoms with Crippen molar-refractivity contribution in [1.29, 1.82) is 0 Å². The van der Waals surface area contributed by atoms with E-state index < -0.39 is 73.8 Å². The second-order valence-corrected chi connectivity index (χ2v) is 10.7. The Morgan fingerprint density at radius 3 is 1.87 bits per heavy atom. The number of methoxy groups -OCH3 is 2. The Kier molecular flexibility index (Phi) is 8.88. The number of hydrogen-bond donors (Lipinski definition) is 2. The Labute approximate surface area is 221 Å². The van der Waals surface area contributed by atoms with Gasteiger partial charge in [0.2, 0.25) is 0 Å². The molecule has 2 aliphatic heterocycles. The van der Waals surface area contributed by atoms with Crippen molar-refractivity contribution in [3.63, 3.8) is 0 Å². The van der Waals surface area contributed by atoms with Gasteiger partial charge in [-0.05, 0) is 13.8 Å². The van der Waals surface area contributed by atoms with Crippen molar-refractivity contribution in [2.24, 2.45) is 0 Å². The monoisotopic (exact) mass is 573 g/mol. The molecule has 4 heterocycles. The van der Waals surface area contributed by atoms with Crippen LogP contribution in [0, 0.1) is 13.8 Å². The third kappa shape index (κ3) is 6.56. The van der Waals surface area contributed by atoms with E-state index in [0.717, 1.165) is 4.57 Å². The predicted octanol–water partition coefficient (Wildman–Crippen LogP) is -1.19.